The molecule has 2 aliphatic rings. The van der Waals surface area contributed by atoms with E-state index in [0.29, 0.717) is 13.0 Å². The van der Waals surface area contributed by atoms with E-state index in [2.05, 4.69) is 5.32 Å². The first-order valence-corrected chi connectivity index (χ1v) is 14.9. The van der Waals surface area contributed by atoms with Crippen molar-refractivity contribution in [3.05, 3.63) is 51.3 Å². The van der Waals surface area contributed by atoms with Crippen molar-refractivity contribution in [1.82, 2.24) is 14.8 Å². The molecule has 1 aliphatic heterocycles. The van der Waals surface area contributed by atoms with Crippen LogP contribution in [0.4, 0.5) is 18.4 Å². The molecule has 1 saturated heterocycles. The highest BCUT2D eigenvalue weighted by molar-refractivity contribution is 5.96. The zero-order valence-corrected chi connectivity index (χ0v) is 26.3. The van der Waals surface area contributed by atoms with E-state index in [1.165, 1.54) is 17.2 Å². The average molecular weight is 618 g/mol. The first-order chi connectivity index (χ1) is 20.5. The van der Waals surface area contributed by atoms with Gasteiger partial charge in [0.1, 0.15) is 16.8 Å². The van der Waals surface area contributed by atoms with E-state index >= 15 is 4.39 Å². The Balaban J connectivity index is 1.72. The molecule has 10 nitrogen and oxygen atoms in total. The summed E-state index contributed by atoms with van der Waals surface area (Å²) in [5.41, 5.74) is -2.48. The number of amides is 2. The maximum Gasteiger partial charge on any atom is 0.410 e. The molecule has 1 aliphatic carbocycles. The summed E-state index contributed by atoms with van der Waals surface area (Å²) >= 11 is 0. The van der Waals surface area contributed by atoms with E-state index in [4.69, 9.17) is 14.2 Å². The first kappa shape index (κ1) is 32.9. The van der Waals surface area contributed by atoms with Gasteiger partial charge in [-0.3, -0.25) is 4.79 Å². The number of pyridine rings is 1. The Bertz CT molecular complexity index is 1530. The molecule has 0 bridgehead atoms. The average Bonchev–Trinajstić information content (AvgIpc) is 3.66. The third-order valence-electron chi connectivity index (χ3n) is 7.22. The maximum absolute atomic E-state index is 15.4. The summed E-state index contributed by atoms with van der Waals surface area (Å²) in [6.45, 7) is 12.4. The zero-order chi connectivity index (χ0) is 32.6. The lowest BCUT2D eigenvalue weighted by molar-refractivity contribution is 0.0204. The molecule has 2 aromatic rings. The van der Waals surface area contributed by atoms with Crippen LogP contribution in [0, 0.1) is 11.6 Å². The normalized spacial score (nSPS) is 19.0. The predicted molar refractivity (Wildman–Crippen MR) is 161 cm³/mol. The van der Waals surface area contributed by atoms with Crippen LogP contribution >= 0.6 is 0 Å². The molecule has 12 heteroatoms. The van der Waals surface area contributed by atoms with Gasteiger partial charge < -0.3 is 29.0 Å². The lowest BCUT2D eigenvalue weighted by Gasteiger charge is -2.30. The van der Waals surface area contributed by atoms with Gasteiger partial charge >= 0.3 is 18.2 Å². The van der Waals surface area contributed by atoms with Crippen molar-refractivity contribution in [2.45, 2.75) is 103 Å². The van der Waals surface area contributed by atoms with Crippen LogP contribution in [0.1, 0.15) is 96.1 Å². The number of halogens is 2. The summed E-state index contributed by atoms with van der Waals surface area (Å²) in [5, 5.41) is 2.69. The van der Waals surface area contributed by atoms with Gasteiger partial charge in [0.15, 0.2) is 11.6 Å². The Hall–Kier alpha value is -3.96. The smallest absolute Gasteiger partial charge is 0.410 e. The number of rotatable bonds is 7. The Morgan fingerprint density at radius 3 is 2.30 bits per heavy atom. The molecule has 2 heterocycles. The Morgan fingerprint density at radius 1 is 1.05 bits per heavy atom. The fraction of sp³-hybridized carbons (Fsp3) is 0.562. The van der Waals surface area contributed by atoms with Crippen molar-refractivity contribution in [3.63, 3.8) is 0 Å². The molecule has 44 heavy (non-hydrogen) atoms. The van der Waals surface area contributed by atoms with Crippen molar-refractivity contribution in [3.8, 4) is 0 Å². The van der Waals surface area contributed by atoms with Crippen LogP contribution in [0.15, 0.2) is 23.1 Å². The monoisotopic (exact) mass is 617 g/mol. The van der Waals surface area contributed by atoms with Gasteiger partial charge in [0.2, 0.25) is 5.43 Å². The molecule has 2 fully saturated rings. The predicted octanol–water partition coefficient (Wildman–Crippen LogP) is 6.10. The van der Waals surface area contributed by atoms with E-state index in [0.717, 1.165) is 18.9 Å². The molecule has 2 atom stereocenters. The van der Waals surface area contributed by atoms with Gasteiger partial charge in [-0.1, -0.05) is 12.2 Å². The quantitative estimate of drug-likeness (QED) is 0.295. The van der Waals surface area contributed by atoms with E-state index in [-0.39, 0.29) is 41.1 Å². The highest BCUT2D eigenvalue weighted by atomic mass is 19.2. The minimum absolute atomic E-state index is 0.0523. The summed E-state index contributed by atoms with van der Waals surface area (Å²) in [5.74, 6) is -3.22. The number of esters is 1. The zero-order valence-electron chi connectivity index (χ0n) is 26.3. The number of nitrogens with one attached hydrogen (secondary N) is 1. The number of carbonyl (C=O) groups is 3. The number of hydrogen-bond acceptors (Lipinski definition) is 7. The van der Waals surface area contributed by atoms with Crippen LogP contribution in [0.5, 0.6) is 0 Å². The van der Waals surface area contributed by atoms with Crippen LogP contribution < -0.4 is 10.7 Å². The van der Waals surface area contributed by atoms with Gasteiger partial charge in [0, 0.05) is 24.3 Å². The van der Waals surface area contributed by atoms with Gasteiger partial charge in [-0.05, 0) is 80.2 Å². The number of aromatic nitrogens is 1. The fourth-order valence-electron chi connectivity index (χ4n) is 5.29. The van der Waals surface area contributed by atoms with Gasteiger partial charge in [-0.15, -0.1) is 0 Å². The van der Waals surface area contributed by atoms with Crippen LogP contribution in [0.2, 0.25) is 0 Å². The number of ether oxygens (including phenoxy) is 3. The molecule has 4 rings (SSSR count). The molecular formula is C32H41F2N3O7. The van der Waals surface area contributed by atoms with Crippen LogP contribution in [0.25, 0.3) is 17.0 Å². The minimum atomic E-state index is -1.24. The van der Waals surface area contributed by atoms with Crippen molar-refractivity contribution in [2.75, 3.05) is 13.2 Å². The number of nitrogens with zero attached hydrogens (tertiary/aromatic N) is 2. The summed E-state index contributed by atoms with van der Waals surface area (Å²) in [4.78, 5) is 53.0. The Labute approximate surface area is 255 Å². The largest absolute Gasteiger partial charge is 0.462 e. The topological polar surface area (TPSA) is 116 Å². The number of likely N-dealkylation sites (tertiary alicyclic amines) is 1. The second-order valence-electron chi connectivity index (χ2n) is 13.1. The molecule has 0 radical (unpaired) electrons. The molecule has 0 spiro atoms. The maximum atomic E-state index is 15.4. The molecule has 1 aromatic carbocycles. The summed E-state index contributed by atoms with van der Waals surface area (Å²) in [6, 6.07) is -0.373. The lowest BCUT2D eigenvalue weighted by atomic mass is 10.0. The molecule has 2 amide bonds. The Kier molecular flexibility index (Phi) is 9.41. The molecule has 1 N–H and O–H groups in total. The Morgan fingerprint density at radius 2 is 1.70 bits per heavy atom. The van der Waals surface area contributed by atoms with E-state index in [1.54, 1.807) is 59.1 Å². The van der Waals surface area contributed by atoms with Gasteiger partial charge in [0.25, 0.3) is 0 Å². The third kappa shape index (κ3) is 7.57. The van der Waals surface area contributed by atoms with Gasteiger partial charge in [-0.2, -0.15) is 0 Å². The first-order valence-electron chi connectivity index (χ1n) is 14.9. The van der Waals surface area contributed by atoms with Gasteiger partial charge in [0.05, 0.1) is 29.6 Å². The summed E-state index contributed by atoms with van der Waals surface area (Å²) < 4.78 is 48.0. The standard InChI is InChI=1S/C32H41F2N3O7/c1-8-42-28(39)21-17-37(18-12-13-18)26-19(25(34)22(33)16-20(26)27(21)38)10-9-11-24-23(35-29(40)43-31(2,3)4)14-15-36(24)30(41)44-32(5,6)7/h9-10,16-18,23-24H,8,11-15H2,1-7H3,(H,35,40)/t23-,24+/m0/s1. The molecule has 1 aromatic heterocycles. The SMILES string of the molecule is CCOC(=O)c1cn(C2CC2)c2c(C=CC[C@@H]3[C@@H](NC(=O)OC(C)(C)C)CCN3C(=O)OC(C)(C)C)c(F)c(F)cc2c1=O. The van der Waals surface area contributed by atoms with E-state index in [9.17, 15) is 23.6 Å². The number of alkyl carbamates (subject to hydrolysis) is 1. The summed E-state index contributed by atoms with van der Waals surface area (Å²) in [6.07, 6.45) is 5.15. The van der Waals surface area contributed by atoms with E-state index in [1.807, 2.05) is 0 Å². The van der Waals surface area contributed by atoms with Crippen molar-refractivity contribution < 1.29 is 37.4 Å². The van der Waals surface area contributed by atoms with E-state index < -0.39 is 58.5 Å². The number of hydrogen-bond donors (Lipinski definition) is 1. The number of carbonyl (C=O) groups excluding carboxylic acids is 3. The van der Waals surface area contributed by atoms with Crippen molar-refractivity contribution in [2.24, 2.45) is 0 Å². The van der Waals surface area contributed by atoms with Crippen LogP contribution in [-0.4, -0.2) is 64.1 Å². The molecule has 240 valence electrons. The van der Waals surface area contributed by atoms with Crippen molar-refractivity contribution >= 4 is 35.1 Å². The second-order valence-corrected chi connectivity index (χ2v) is 13.1. The summed E-state index contributed by atoms with van der Waals surface area (Å²) in [7, 11) is 0. The third-order valence-corrected chi connectivity index (χ3v) is 7.22. The lowest BCUT2D eigenvalue weighted by Crippen LogP contribution is -2.48. The number of fused-ring (bicyclic) bond motifs is 1. The second kappa shape index (κ2) is 12.6. The molecule has 0 unspecified atom stereocenters. The van der Waals surface area contributed by atoms with Gasteiger partial charge in [-0.25, -0.2) is 23.2 Å². The number of benzene rings is 1. The van der Waals surface area contributed by atoms with Crippen molar-refractivity contribution in [1.29, 1.82) is 0 Å². The fourth-order valence-corrected chi connectivity index (χ4v) is 5.29. The van der Waals surface area contributed by atoms with Crippen LogP contribution in [0.3, 0.4) is 0 Å². The highest BCUT2D eigenvalue weighted by Crippen LogP contribution is 2.39. The molecular weight excluding hydrogens is 576 g/mol. The highest BCUT2D eigenvalue weighted by Gasteiger charge is 2.40. The van der Waals surface area contributed by atoms with Crippen LogP contribution in [-0.2, 0) is 14.2 Å². The molecule has 1 saturated carbocycles. The minimum Gasteiger partial charge on any atom is -0.462 e.